The van der Waals surface area contributed by atoms with Crippen molar-refractivity contribution < 1.29 is 14.3 Å². The molecule has 0 aliphatic carbocycles. The van der Waals surface area contributed by atoms with Gasteiger partial charge in [-0.3, -0.25) is 9.79 Å². The Labute approximate surface area is 95.4 Å². The van der Waals surface area contributed by atoms with E-state index in [1.54, 1.807) is 18.2 Å². The van der Waals surface area contributed by atoms with Crippen molar-refractivity contribution in [3.05, 3.63) is 33.9 Å². The summed E-state index contributed by atoms with van der Waals surface area (Å²) in [7, 11) is 1.19. The molecule has 2 rings (SSSR count). The number of ether oxygens (including phenoxy) is 1. The third-order valence-electron chi connectivity index (χ3n) is 2.09. The number of carbonyl (C=O) groups is 2. The van der Waals surface area contributed by atoms with Crippen LogP contribution in [-0.2, 0) is 14.3 Å². The molecule has 0 aromatic heterocycles. The molecule has 6 heteroatoms. The van der Waals surface area contributed by atoms with Crippen LogP contribution in [-0.4, -0.2) is 25.0 Å². The number of hydrogen-bond acceptors (Lipinski definition) is 4. The third-order valence-corrected chi connectivity index (χ3v) is 2.33. The van der Waals surface area contributed by atoms with Crippen molar-refractivity contribution in [2.24, 2.45) is 9.98 Å². The lowest BCUT2D eigenvalue weighted by atomic mass is 10.2. The summed E-state index contributed by atoms with van der Waals surface area (Å²) >= 11 is 5.77. The van der Waals surface area contributed by atoms with Crippen LogP contribution < -0.4 is 10.7 Å². The van der Waals surface area contributed by atoms with Crippen LogP contribution in [0.2, 0.25) is 5.02 Å². The number of halogens is 1. The molecule has 0 spiro atoms. The van der Waals surface area contributed by atoms with E-state index in [9.17, 15) is 9.59 Å². The van der Waals surface area contributed by atoms with Gasteiger partial charge in [0, 0.05) is 5.02 Å². The molecule has 0 bridgehead atoms. The minimum atomic E-state index is -1.21. The van der Waals surface area contributed by atoms with Gasteiger partial charge in [0.25, 0.3) is 5.91 Å². The first-order chi connectivity index (χ1) is 7.61. The second-order valence-corrected chi connectivity index (χ2v) is 3.57. The van der Waals surface area contributed by atoms with Crippen molar-refractivity contribution in [3.63, 3.8) is 0 Å². The smallest absolute Gasteiger partial charge is 0.340 e. The van der Waals surface area contributed by atoms with Crippen LogP contribution in [0.15, 0.2) is 28.2 Å². The number of hydrogen-bond donors (Lipinski definition) is 0. The van der Waals surface area contributed by atoms with E-state index in [2.05, 4.69) is 14.7 Å². The van der Waals surface area contributed by atoms with E-state index in [-0.39, 0.29) is 0 Å². The highest BCUT2D eigenvalue weighted by molar-refractivity contribution is 6.30. The Bertz CT molecular complexity index is 582. The van der Waals surface area contributed by atoms with E-state index >= 15 is 0 Å². The molecule has 5 nitrogen and oxygen atoms in total. The molecular weight excluding hydrogens is 232 g/mol. The Hall–Kier alpha value is -1.75. The van der Waals surface area contributed by atoms with Gasteiger partial charge in [-0.1, -0.05) is 11.6 Å². The fraction of sp³-hybridized carbons (Fsp3) is 0.200. The zero-order valence-corrected chi connectivity index (χ0v) is 9.06. The van der Waals surface area contributed by atoms with Crippen LogP contribution in [0, 0.1) is 0 Å². The predicted octanol–water partition coefficient (Wildman–Crippen LogP) is -0.339. The molecule has 1 heterocycles. The molecule has 0 N–H and O–H groups in total. The highest BCUT2D eigenvalue weighted by Gasteiger charge is 2.28. The number of rotatable bonds is 1. The zero-order chi connectivity index (χ0) is 11.7. The molecular formula is C10H7ClN2O3. The van der Waals surface area contributed by atoms with Crippen molar-refractivity contribution in [1.82, 2.24) is 0 Å². The van der Waals surface area contributed by atoms with Crippen LogP contribution in [0.25, 0.3) is 0 Å². The molecule has 1 unspecified atom stereocenters. The van der Waals surface area contributed by atoms with E-state index in [1.165, 1.54) is 7.11 Å². The van der Waals surface area contributed by atoms with Crippen LogP contribution in [0.3, 0.4) is 0 Å². The van der Waals surface area contributed by atoms with Gasteiger partial charge in [0.05, 0.1) is 17.8 Å². The molecule has 0 saturated heterocycles. The molecule has 1 aliphatic rings. The summed E-state index contributed by atoms with van der Waals surface area (Å²) in [6.07, 6.45) is 0. The van der Waals surface area contributed by atoms with Crippen molar-refractivity contribution in [3.8, 4) is 0 Å². The summed E-state index contributed by atoms with van der Waals surface area (Å²) in [5.74, 6) is -1.35. The Morgan fingerprint density at radius 1 is 1.44 bits per heavy atom. The Kier molecular flexibility index (Phi) is 2.70. The lowest BCUT2D eigenvalue weighted by molar-refractivity contribution is -0.145. The highest BCUT2D eigenvalue weighted by atomic mass is 35.5. The molecule has 1 aliphatic heterocycles. The van der Waals surface area contributed by atoms with E-state index in [0.717, 1.165) is 0 Å². The predicted molar refractivity (Wildman–Crippen MR) is 54.6 cm³/mol. The van der Waals surface area contributed by atoms with E-state index in [4.69, 9.17) is 11.6 Å². The summed E-state index contributed by atoms with van der Waals surface area (Å²) in [5, 5.41) is 1.30. The number of benzene rings is 1. The Balaban J connectivity index is 2.59. The van der Waals surface area contributed by atoms with Gasteiger partial charge in [-0.2, -0.15) is 0 Å². The second kappa shape index (κ2) is 4.02. The molecule has 0 saturated carbocycles. The van der Waals surface area contributed by atoms with E-state index in [0.29, 0.717) is 15.7 Å². The van der Waals surface area contributed by atoms with Gasteiger partial charge in [-0.05, 0) is 18.2 Å². The largest absolute Gasteiger partial charge is 0.467 e. The lowest BCUT2D eigenvalue weighted by Gasteiger charge is -2.08. The van der Waals surface area contributed by atoms with Crippen LogP contribution in [0.5, 0.6) is 0 Å². The van der Waals surface area contributed by atoms with Crippen molar-refractivity contribution in [1.29, 1.82) is 0 Å². The summed E-state index contributed by atoms with van der Waals surface area (Å²) in [6.45, 7) is 0. The van der Waals surface area contributed by atoms with Crippen molar-refractivity contribution >= 4 is 23.5 Å². The van der Waals surface area contributed by atoms with Crippen LogP contribution in [0.4, 0.5) is 0 Å². The number of amides is 1. The maximum atomic E-state index is 11.4. The monoisotopic (exact) mass is 238 g/mol. The lowest BCUT2D eigenvalue weighted by Crippen LogP contribution is -2.40. The van der Waals surface area contributed by atoms with Gasteiger partial charge in [0.15, 0.2) is 0 Å². The molecule has 0 radical (unpaired) electrons. The van der Waals surface area contributed by atoms with Gasteiger partial charge in [-0.25, -0.2) is 9.79 Å². The van der Waals surface area contributed by atoms with Crippen molar-refractivity contribution in [2.45, 2.75) is 6.04 Å². The molecule has 1 amide bonds. The van der Waals surface area contributed by atoms with Gasteiger partial charge >= 0.3 is 5.97 Å². The quantitative estimate of drug-likeness (QED) is 0.497. The molecule has 0 fully saturated rings. The van der Waals surface area contributed by atoms with Gasteiger partial charge in [0.1, 0.15) is 0 Å². The summed E-state index contributed by atoms with van der Waals surface area (Å²) in [4.78, 5) is 30.4. The summed E-state index contributed by atoms with van der Waals surface area (Å²) < 4.78 is 4.46. The average Bonchev–Trinajstić information content (AvgIpc) is 2.28. The number of methoxy groups -OCH3 is 1. The van der Waals surface area contributed by atoms with Crippen LogP contribution >= 0.6 is 11.6 Å². The zero-order valence-electron chi connectivity index (χ0n) is 8.31. The number of nitrogens with zero attached hydrogens (tertiary/aromatic N) is 2. The second-order valence-electron chi connectivity index (χ2n) is 3.14. The first-order valence-corrected chi connectivity index (χ1v) is 4.83. The maximum Gasteiger partial charge on any atom is 0.340 e. The number of carbonyl (C=O) groups excluding carboxylic acids is 2. The van der Waals surface area contributed by atoms with Crippen LogP contribution in [0.1, 0.15) is 0 Å². The van der Waals surface area contributed by atoms with E-state index in [1.807, 2.05) is 0 Å². The average molecular weight is 239 g/mol. The molecule has 1 aromatic rings. The summed E-state index contributed by atoms with van der Waals surface area (Å²) in [5.41, 5.74) is 0. The summed E-state index contributed by atoms with van der Waals surface area (Å²) in [6, 6.07) is 3.51. The maximum absolute atomic E-state index is 11.4. The fourth-order valence-corrected chi connectivity index (χ4v) is 1.50. The molecule has 16 heavy (non-hydrogen) atoms. The van der Waals surface area contributed by atoms with Gasteiger partial charge < -0.3 is 4.74 Å². The molecule has 82 valence electrons. The van der Waals surface area contributed by atoms with E-state index < -0.39 is 17.9 Å². The fourth-order valence-electron chi connectivity index (χ4n) is 1.33. The first-order valence-electron chi connectivity index (χ1n) is 4.45. The first kappa shape index (κ1) is 10.8. The van der Waals surface area contributed by atoms with Gasteiger partial charge in [-0.15, -0.1) is 0 Å². The van der Waals surface area contributed by atoms with Gasteiger partial charge in [0.2, 0.25) is 6.04 Å². The normalized spacial score (nSPS) is 18.1. The standard InChI is InChI=1S/C10H7ClN2O3/c1-16-10(15)8-9(14)13-6-3-2-5(11)4-7(6)12-8/h2-4,8H,1H3. The Morgan fingerprint density at radius 3 is 2.88 bits per heavy atom. The van der Waals surface area contributed by atoms with Crippen molar-refractivity contribution in [2.75, 3.05) is 7.11 Å². The highest BCUT2D eigenvalue weighted by Crippen LogP contribution is 2.03. The minimum Gasteiger partial charge on any atom is -0.467 e. The third kappa shape index (κ3) is 1.81. The SMILES string of the molecule is COC(=O)C1N=c2cc(Cl)ccc2=NC1=O. The molecule has 1 atom stereocenters. The number of fused-ring (bicyclic) bond motifs is 1. The topological polar surface area (TPSA) is 68.1 Å². The number of esters is 1. The Morgan fingerprint density at radius 2 is 2.19 bits per heavy atom. The minimum absolute atomic E-state index is 0.412. The molecule has 1 aromatic carbocycles.